The van der Waals surface area contributed by atoms with Crippen LogP contribution in [0.3, 0.4) is 0 Å². The van der Waals surface area contributed by atoms with Gasteiger partial charge in [0.1, 0.15) is 11.2 Å². The number of rotatable bonds is 1. The molecule has 0 saturated heterocycles. The van der Waals surface area contributed by atoms with Crippen LogP contribution in [0.25, 0.3) is 0 Å². The number of hydrogen-bond acceptors (Lipinski definition) is 3. The Morgan fingerprint density at radius 2 is 2.29 bits per heavy atom. The van der Waals surface area contributed by atoms with E-state index >= 15 is 0 Å². The van der Waals surface area contributed by atoms with Gasteiger partial charge in [0.15, 0.2) is 0 Å². The SMILES string of the molecule is Cc1cn(C)nc1C1(C#N)CC(=O)C1. The number of Topliss-reactive ketones (excluding diaryl/α,β-unsaturated/α-hetero) is 1. The smallest absolute Gasteiger partial charge is 0.136 e. The summed E-state index contributed by atoms with van der Waals surface area (Å²) in [5, 5.41) is 13.3. The summed E-state index contributed by atoms with van der Waals surface area (Å²) in [5.74, 6) is 0.150. The third-order valence-electron chi connectivity index (χ3n) is 2.68. The summed E-state index contributed by atoms with van der Waals surface area (Å²) in [6.07, 6.45) is 2.51. The van der Waals surface area contributed by atoms with Crippen molar-refractivity contribution in [3.05, 3.63) is 17.5 Å². The Balaban J connectivity index is 2.44. The topological polar surface area (TPSA) is 58.7 Å². The molecule has 1 aromatic heterocycles. The molecule has 0 unspecified atom stereocenters. The second kappa shape index (κ2) is 2.68. The lowest BCUT2D eigenvalue weighted by molar-refractivity contribution is -0.126. The summed E-state index contributed by atoms with van der Waals surface area (Å²) in [4.78, 5) is 11.0. The minimum atomic E-state index is -0.636. The van der Waals surface area contributed by atoms with Crippen molar-refractivity contribution in [1.29, 1.82) is 5.26 Å². The maximum absolute atomic E-state index is 11.0. The number of nitrogens with zero attached hydrogens (tertiary/aromatic N) is 3. The summed E-state index contributed by atoms with van der Waals surface area (Å²) < 4.78 is 1.69. The number of aryl methyl sites for hydroxylation is 2. The first-order valence-corrected chi connectivity index (χ1v) is 4.51. The number of carbonyl (C=O) groups is 1. The van der Waals surface area contributed by atoms with Crippen LogP contribution in [0, 0.1) is 18.3 Å². The fraction of sp³-hybridized carbons (Fsp3) is 0.500. The quantitative estimate of drug-likeness (QED) is 0.658. The molecule has 0 amide bonds. The van der Waals surface area contributed by atoms with Crippen LogP contribution in [0.4, 0.5) is 0 Å². The average molecular weight is 189 g/mol. The highest BCUT2D eigenvalue weighted by atomic mass is 16.1. The van der Waals surface area contributed by atoms with Crippen molar-refractivity contribution in [1.82, 2.24) is 9.78 Å². The zero-order valence-electron chi connectivity index (χ0n) is 8.24. The van der Waals surface area contributed by atoms with Crippen molar-refractivity contribution in [2.24, 2.45) is 7.05 Å². The molecular formula is C10H11N3O. The maximum Gasteiger partial charge on any atom is 0.136 e. The number of ketones is 1. The molecule has 4 nitrogen and oxygen atoms in total. The molecule has 1 saturated carbocycles. The van der Waals surface area contributed by atoms with Gasteiger partial charge in [0.05, 0.1) is 11.8 Å². The van der Waals surface area contributed by atoms with E-state index < -0.39 is 5.41 Å². The maximum atomic E-state index is 11.0. The van der Waals surface area contributed by atoms with Gasteiger partial charge >= 0.3 is 0 Å². The van der Waals surface area contributed by atoms with Crippen molar-refractivity contribution in [3.63, 3.8) is 0 Å². The summed E-state index contributed by atoms with van der Waals surface area (Å²) in [6, 6.07) is 2.22. The molecule has 0 aromatic carbocycles. The summed E-state index contributed by atoms with van der Waals surface area (Å²) in [5.41, 5.74) is 1.12. The lowest BCUT2D eigenvalue weighted by atomic mass is 9.66. The average Bonchev–Trinajstić information content (AvgIpc) is 2.40. The first-order chi connectivity index (χ1) is 6.57. The lowest BCUT2D eigenvalue weighted by Gasteiger charge is -2.32. The van der Waals surface area contributed by atoms with Gasteiger partial charge in [-0.2, -0.15) is 10.4 Å². The zero-order chi connectivity index (χ0) is 10.3. The summed E-state index contributed by atoms with van der Waals surface area (Å²) in [6.45, 7) is 1.92. The van der Waals surface area contributed by atoms with E-state index in [1.54, 1.807) is 4.68 Å². The Morgan fingerprint density at radius 3 is 2.64 bits per heavy atom. The number of hydrogen-bond donors (Lipinski definition) is 0. The summed E-state index contributed by atoms with van der Waals surface area (Å²) >= 11 is 0. The van der Waals surface area contributed by atoms with Gasteiger partial charge in [-0.15, -0.1) is 0 Å². The standard InChI is InChI=1S/C10H11N3O/c1-7-5-13(2)12-9(7)10(6-11)3-8(14)4-10/h5H,3-4H2,1-2H3. The van der Waals surface area contributed by atoms with E-state index in [1.165, 1.54) is 0 Å². The summed E-state index contributed by atoms with van der Waals surface area (Å²) in [7, 11) is 1.82. The molecule has 2 rings (SSSR count). The van der Waals surface area contributed by atoms with Crippen LogP contribution in [0.1, 0.15) is 24.1 Å². The largest absolute Gasteiger partial charge is 0.300 e. The van der Waals surface area contributed by atoms with Crippen LogP contribution in [-0.2, 0) is 17.3 Å². The Labute approximate surface area is 82.1 Å². The third-order valence-corrected chi connectivity index (χ3v) is 2.68. The fourth-order valence-corrected chi connectivity index (χ4v) is 2.00. The van der Waals surface area contributed by atoms with Gasteiger partial charge in [0.2, 0.25) is 0 Å². The Morgan fingerprint density at radius 1 is 1.64 bits per heavy atom. The molecule has 0 radical (unpaired) electrons. The van der Waals surface area contributed by atoms with Crippen molar-refractivity contribution in [2.45, 2.75) is 25.2 Å². The predicted octanol–water partition coefficient (Wildman–Crippen LogP) is 0.853. The molecule has 14 heavy (non-hydrogen) atoms. The number of aromatic nitrogens is 2. The highest BCUT2D eigenvalue weighted by Crippen LogP contribution is 2.40. The van der Waals surface area contributed by atoms with Crippen LogP contribution in [0.2, 0.25) is 0 Å². The van der Waals surface area contributed by atoms with E-state index in [1.807, 2.05) is 20.2 Å². The minimum absolute atomic E-state index is 0.150. The molecule has 1 fully saturated rings. The molecule has 1 aliphatic carbocycles. The van der Waals surface area contributed by atoms with Crippen LogP contribution in [-0.4, -0.2) is 15.6 Å². The Hall–Kier alpha value is -1.63. The lowest BCUT2D eigenvalue weighted by Crippen LogP contribution is -2.41. The number of nitriles is 1. The van der Waals surface area contributed by atoms with Gasteiger partial charge < -0.3 is 0 Å². The molecule has 0 spiro atoms. The van der Waals surface area contributed by atoms with Gasteiger partial charge in [-0.25, -0.2) is 0 Å². The van der Waals surface area contributed by atoms with E-state index in [0.29, 0.717) is 12.8 Å². The van der Waals surface area contributed by atoms with Crippen LogP contribution < -0.4 is 0 Å². The highest BCUT2D eigenvalue weighted by molar-refractivity contribution is 5.90. The normalized spacial score (nSPS) is 18.8. The molecule has 72 valence electrons. The minimum Gasteiger partial charge on any atom is -0.300 e. The van der Waals surface area contributed by atoms with Crippen molar-refractivity contribution in [3.8, 4) is 6.07 Å². The van der Waals surface area contributed by atoms with Crippen molar-refractivity contribution in [2.75, 3.05) is 0 Å². The zero-order valence-corrected chi connectivity index (χ0v) is 8.24. The molecule has 1 aromatic rings. The molecular weight excluding hydrogens is 178 g/mol. The second-order valence-electron chi connectivity index (χ2n) is 3.92. The van der Waals surface area contributed by atoms with E-state index in [9.17, 15) is 4.79 Å². The number of carbonyl (C=O) groups excluding carboxylic acids is 1. The monoisotopic (exact) mass is 189 g/mol. The molecule has 0 aliphatic heterocycles. The van der Waals surface area contributed by atoms with Gasteiger partial charge in [0.25, 0.3) is 0 Å². The van der Waals surface area contributed by atoms with Gasteiger partial charge in [-0.05, 0) is 12.5 Å². The van der Waals surface area contributed by atoms with E-state index in [2.05, 4.69) is 11.2 Å². The second-order valence-corrected chi connectivity index (χ2v) is 3.92. The highest BCUT2D eigenvalue weighted by Gasteiger charge is 2.48. The van der Waals surface area contributed by atoms with Crippen LogP contribution >= 0.6 is 0 Å². The molecule has 0 atom stereocenters. The molecule has 1 aliphatic rings. The first kappa shape index (κ1) is 8.95. The Kier molecular flexibility index (Phi) is 1.71. The van der Waals surface area contributed by atoms with E-state index in [-0.39, 0.29) is 5.78 Å². The molecule has 0 bridgehead atoms. The van der Waals surface area contributed by atoms with Gasteiger partial charge in [-0.3, -0.25) is 9.48 Å². The Bertz CT molecular complexity index is 431. The van der Waals surface area contributed by atoms with Gasteiger partial charge in [0, 0.05) is 26.1 Å². The van der Waals surface area contributed by atoms with Crippen molar-refractivity contribution >= 4 is 5.78 Å². The van der Waals surface area contributed by atoms with Crippen LogP contribution in [0.15, 0.2) is 6.20 Å². The fourth-order valence-electron chi connectivity index (χ4n) is 2.00. The van der Waals surface area contributed by atoms with Crippen LogP contribution in [0.5, 0.6) is 0 Å². The molecule has 1 heterocycles. The molecule has 0 N–H and O–H groups in total. The van der Waals surface area contributed by atoms with E-state index in [0.717, 1.165) is 11.3 Å². The molecule has 4 heteroatoms. The van der Waals surface area contributed by atoms with E-state index in [4.69, 9.17) is 5.26 Å². The van der Waals surface area contributed by atoms with Crippen molar-refractivity contribution < 1.29 is 4.79 Å². The first-order valence-electron chi connectivity index (χ1n) is 4.51. The van der Waals surface area contributed by atoms with Gasteiger partial charge in [-0.1, -0.05) is 0 Å². The third kappa shape index (κ3) is 1.06. The predicted molar refractivity (Wildman–Crippen MR) is 49.5 cm³/mol.